The van der Waals surface area contributed by atoms with E-state index in [1.165, 1.54) is 40.0 Å². The Morgan fingerprint density at radius 3 is 0.545 bits per heavy atom. The maximum atomic E-state index is 9.60. The zero-order valence-corrected chi connectivity index (χ0v) is 23.2. The van der Waals surface area contributed by atoms with E-state index in [9.17, 15) is 14.4 Å². The number of aliphatic carboxylic acids is 3. The Morgan fingerprint density at radius 2 is 0.545 bits per heavy atom. The van der Waals surface area contributed by atoms with Crippen LogP contribution in [-0.2, 0) is 14.4 Å². The molecule has 0 unspecified atom stereocenters. The highest BCUT2D eigenvalue weighted by Gasteiger charge is 1.95. The predicted molar refractivity (Wildman–Crippen MR) is 140 cm³/mol. The van der Waals surface area contributed by atoms with E-state index < -0.39 is 17.9 Å². The van der Waals surface area contributed by atoms with Gasteiger partial charge in [-0.05, 0) is 84.2 Å². The summed E-state index contributed by atoms with van der Waals surface area (Å²) in [4.78, 5) is 34.8. The Balaban J connectivity index is -0.0000000652. The van der Waals surface area contributed by atoms with Crippen LogP contribution in [0.3, 0.4) is 0 Å². The van der Waals surface area contributed by atoms with Gasteiger partial charge in [0, 0.05) is 16.7 Å². The first-order valence-corrected chi connectivity index (χ1v) is 10.1. The minimum atomic E-state index is -0.935. The van der Waals surface area contributed by atoms with Crippen LogP contribution in [0.1, 0.15) is 40.0 Å². The molecule has 33 heavy (non-hydrogen) atoms. The molecule has 1 fully saturated rings. The molecule has 0 aliphatic heterocycles. The van der Waals surface area contributed by atoms with E-state index in [2.05, 4.69) is 19.7 Å². The number of carbonyl (C=O) groups is 3. The summed E-state index contributed by atoms with van der Waals surface area (Å²) in [7, 11) is 18.0. The summed E-state index contributed by atoms with van der Waals surface area (Å²) in [5.74, 6) is -2.81. The lowest BCUT2D eigenvalue weighted by Gasteiger charge is -1.90. The lowest BCUT2D eigenvalue weighted by Crippen LogP contribution is -1.99. The molecule has 1 rings (SSSR count). The Hall–Kier alpha value is -2.49. The summed E-state index contributed by atoms with van der Waals surface area (Å²) in [6.07, 6.45) is 4.50. The van der Waals surface area contributed by atoms with Gasteiger partial charge >= 0.3 is 17.9 Å². The van der Waals surface area contributed by atoms with Gasteiger partial charge < -0.3 is 30.0 Å². The molecule has 3 N–H and O–H groups in total. The molecule has 1 saturated carbocycles. The zero-order valence-electron chi connectivity index (χ0n) is 23.2. The van der Waals surface area contributed by atoms with Crippen LogP contribution in [0, 0.1) is 0 Å². The molecule has 0 heterocycles. The number of hydrogen-bond donors (Lipinski definition) is 3. The van der Waals surface area contributed by atoms with Crippen molar-refractivity contribution in [2.45, 2.75) is 40.0 Å². The summed E-state index contributed by atoms with van der Waals surface area (Å²) in [5, 5.41) is 23.7. The van der Waals surface area contributed by atoms with Crippen molar-refractivity contribution in [2.75, 3.05) is 63.4 Å². The first kappa shape index (κ1) is 44.2. The molecule has 0 aromatic heterocycles. The molecule has 0 radical (unpaired) electrons. The van der Waals surface area contributed by atoms with Gasteiger partial charge in [0.2, 0.25) is 0 Å². The Morgan fingerprint density at radius 1 is 0.485 bits per heavy atom. The van der Waals surface area contributed by atoms with Crippen LogP contribution in [0.4, 0.5) is 0 Å². The summed E-state index contributed by atoms with van der Waals surface area (Å²) in [6, 6.07) is 0. The van der Waals surface area contributed by atoms with Gasteiger partial charge in [0.05, 0.1) is 0 Å². The zero-order chi connectivity index (χ0) is 28.3. The van der Waals surface area contributed by atoms with E-state index in [4.69, 9.17) is 15.3 Å². The van der Waals surface area contributed by atoms with Crippen LogP contribution < -0.4 is 0 Å². The van der Waals surface area contributed by atoms with E-state index >= 15 is 0 Å². The third-order valence-corrected chi connectivity index (χ3v) is 1.45. The van der Waals surface area contributed by atoms with E-state index in [1.54, 1.807) is 0 Å². The molecule has 198 valence electrons. The molecule has 9 nitrogen and oxygen atoms in total. The first-order valence-electron chi connectivity index (χ1n) is 10.1. The van der Waals surface area contributed by atoms with Crippen molar-refractivity contribution in [3.8, 4) is 0 Å². The molecular weight excluding hydrogens is 426 g/mol. The number of carboxylic acids is 3. The molecular formula is C24H51N3O6. The summed E-state index contributed by atoms with van der Waals surface area (Å²) < 4.78 is 0. The van der Waals surface area contributed by atoms with Gasteiger partial charge in [-0.2, -0.15) is 0 Å². The van der Waals surface area contributed by atoms with E-state index in [-0.39, 0.29) is 16.7 Å². The number of rotatable bonds is 3. The third-order valence-electron chi connectivity index (χ3n) is 1.45. The fourth-order valence-corrected chi connectivity index (χ4v) is 0. The van der Waals surface area contributed by atoms with E-state index in [0.29, 0.717) is 0 Å². The predicted octanol–water partition coefficient (Wildman–Crippen LogP) is 3.65. The SMILES string of the molecule is C1CC1.C=C(C)C(=O)O.C=C(C)C(=O)O.C=C(C)C(=O)O.CN(C)C.CN(C)C.CN(C)C. The lowest BCUT2D eigenvalue weighted by molar-refractivity contribution is -0.133. The second-order valence-electron chi connectivity index (χ2n) is 8.34. The van der Waals surface area contributed by atoms with Crippen LogP contribution in [-0.4, -0.2) is 111 Å². The van der Waals surface area contributed by atoms with Crippen molar-refractivity contribution >= 4 is 17.9 Å². The molecule has 1 aliphatic carbocycles. The van der Waals surface area contributed by atoms with Crippen LogP contribution in [0.2, 0.25) is 0 Å². The third kappa shape index (κ3) is 202. The lowest BCUT2D eigenvalue weighted by atomic mass is 10.4. The van der Waals surface area contributed by atoms with Crippen molar-refractivity contribution in [1.29, 1.82) is 0 Å². The molecule has 0 atom stereocenters. The highest BCUT2D eigenvalue weighted by Crippen LogP contribution is 2.14. The highest BCUT2D eigenvalue weighted by atomic mass is 16.4. The van der Waals surface area contributed by atoms with Crippen LogP contribution in [0.5, 0.6) is 0 Å². The maximum Gasteiger partial charge on any atom is 0.330 e. The molecule has 9 heteroatoms. The smallest absolute Gasteiger partial charge is 0.330 e. The largest absolute Gasteiger partial charge is 0.478 e. The van der Waals surface area contributed by atoms with E-state index in [1.807, 2.05) is 78.1 Å². The normalized spacial score (nSPS) is 9.55. The second-order valence-corrected chi connectivity index (χ2v) is 8.34. The molecule has 0 saturated heterocycles. The minimum absolute atomic E-state index is 0.176. The molecule has 0 aromatic carbocycles. The summed E-state index contributed by atoms with van der Waals surface area (Å²) >= 11 is 0. The maximum absolute atomic E-state index is 9.60. The summed E-state index contributed by atoms with van der Waals surface area (Å²) in [5.41, 5.74) is 0.528. The van der Waals surface area contributed by atoms with Gasteiger partial charge in [-0.15, -0.1) is 0 Å². The number of carboxylic acid groups (broad SMARTS) is 3. The van der Waals surface area contributed by atoms with Gasteiger partial charge in [0.25, 0.3) is 0 Å². The summed E-state index contributed by atoms with van der Waals surface area (Å²) in [6.45, 7) is 13.8. The van der Waals surface area contributed by atoms with Crippen LogP contribution in [0.15, 0.2) is 36.5 Å². The van der Waals surface area contributed by atoms with Gasteiger partial charge in [0.15, 0.2) is 0 Å². The van der Waals surface area contributed by atoms with E-state index in [0.717, 1.165) is 0 Å². The average molecular weight is 478 g/mol. The van der Waals surface area contributed by atoms with Gasteiger partial charge in [-0.1, -0.05) is 39.0 Å². The standard InChI is InChI=1S/3C4H6O2.3C3H9N.C3H6/c3*1-3(2)4(5)6;3*1-4(2)3;1-2-3-1/h3*1H2,2H3,(H,5,6);3*1-3H3;1-3H2. The van der Waals surface area contributed by atoms with Crippen molar-refractivity contribution < 1.29 is 29.7 Å². The quantitative estimate of drug-likeness (QED) is 0.523. The Bertz CT molecular complexity index is 422. The van der Waals surface area contributed by atoms with Crippen LogP contribution in [0.25, 0.3) is 0 Å². The van der Waals surface area contributed by atoms with Crippen LogP contribution >= 0.6 is 0 Å². The van der Waals surface area contributed by atoms with Crippen molar-refractivity contribution in [3.05, 3.63) is 36.5 Å². The molecule has 1 aliphatic rings. The van der Waals surface area contributed by atoms with Gasteiger partial charge in [0.1, 0.15) is 0 Å². The monoisotopic (exact) mass is 477 g/mol. The first-order chi connectivity index (χ1) is 14.6. The van der Waals surface area contributed by atoms with Crippen molar-refractivity contribution in [3.63, 3.8) is 0 Å². The number of hydrogen-bond acceptors (Lipinski definition) is 6. The van der Waals surface area contributed by atoms with Crippen molar-refractivity contribution in [2.24, 2.45) is 0 Å². The highest BCUT2D eigenvalue weighted by molar-refractivity contribution is 5.85. The topological polar surface area (TPSA) is 122 Å². The Labute approximate surface area is 202 Å². The fraction of sp³-hybridized carbons (Fsp3) is 0.625. The van der Waals surface area contributed by atoms with Gasteiger partial charge in [-0.3, -0.25) is 0 Å². The molecule has 0 aromatic rings. The number of nitrogens with zero attached hydrogens (tertiary/aromatic N) is 3. The average Bonchev–Trinajstić information content (AvgIpc) is 3.42. The van der Waals surface area contributed by atoms with Gasteiger partial charge in [-0.25, -0.2) is 14.4 Å². The minimum Gasteiger partial charge on any atom is -0.478 e. The van der Waals surface area contributed by atoms with Crippen molar-refractivity contribution in [1.82, 2.24) is 14.7 Å². The fourth-order valence-electron chi connectivity index (χ4n) is 0. The Kier molecular flexibility index (Phi) is 42.5. The molecule has 0 spiro atoms. The molecule has 0 amide bonds. The second kappa shape index (κ2) is 31.7. The molecule has 0 bridgehead atoms.